The molecule has 4 N–H and O–H groups in total. The molecule has 2 saturated heterocycles. The number of benzene rings is 1. The number of imidazole rings is 1. The number of carbonyl (C=O) groups excluding carboxylic acids is 1. The van der Waals surface area contributed by atoms with Gasteiger partial charge in [0.05, 0.1) is 28.3 Å². The Bertz CT molecular complexity index is 1180. The molecule has 1 amide bonds. The molecule has 0 radical (unpaired) electrons. The van der Waals surface area contributed by atoms with Gasteiger partial charge in [0.1, 0.15) is 5.82 Å². The van der Waals surface area contributed by atoms with Crippen molar-refractivity contribution in [3.8, 4) is 11.1 Å². The average Bonchev–Trinajstić information content (AvgIpc) is 3.24. The van der Waals surface area contributed by atoms with Crippen molar-refractivity contribution >= 4 is 44.9 Å². The zero-order chi connectivity index (χ0) is 23.7. The summed E-state index contributed by atoms with van der Waals surface area (Å²) in [6.45, 7) is 2.43. The maximum Gasteiger partial charge on any atom is 0.229 e. The second-order valence-corrected chi connectivity index (χ2v) is 12.2. The van der Waals surface area contributed by atoms with E-state index in [1.54, 1.807) is 6.20 Å². The van der Waals surface area contributed by atoms with Crippen molar-refractivity contribution < 1.29 is 13.9 Å². The summed E-state index contributed by atoms with van der Waals surface area (Å²) in [4.78, 5) is 21.5. The monoisotopic (exact) mass is 503 g/mol. The van der Waals surface area contributed by atoms with E-state index in [0.29, 0.717) is 34.8 Å². The van der Waals surface area contributed by atoms with Gasteiger partial charge in [-0.15, -0.1) is 0 Å². The summed E-state index contributed by atoms with van der Waals surface area (Å²) in [6, 6.07) is 7.84. The third-order valence-electron chi connectivity index (χ3n) is 6.87. The number of amides is 1. The maximum atomic E-state index is 12.6. The first-order valence-corrected chi connectivity index (χ1v) is 14.0. The minimum Gasteiger partial charge on any atom is -0.330 e. The van der Waals surface area contributed by atoms with E-state index in [0.717, 1.165) is 60.9 Å². The number of nitrogens with zero attached hydrogens (tertiary/aromatic N) is 3. The fraction of sp³-hybridized carbons (Fsp3) is 0.458. The molecule has 8 nitrogen and oxygen atoms in total. The molecule has 5 rings (SSSR count). The van der Waals surface area contributed by atoms with Crippen LogP contribution in [0.1, 0.15) is 25.7 Å². The fourth-order valence-corrected chi connectivity index (χ4v) is 6.66. The molecule has 2 aliphatic heterocycles. The van der Waals surface area contributed by atoms with Crippen LogP contribution in [0.25, 0.3) is 22.2 Å². The number of piperidine rings is 1. The quantitative estimate of drug-likeness (QED) is 0.396. The lowest BCUT2D eigenvalue weighted by atomic mass is 9.99. The smallest absolute Gasteiger partial charge is 0.229 e. The molecule has 4 heterocycles. The Morgan fingerprint density at radius 2 is 2.03 bits per heavy atom. The predicted octanol–water partition coefficient (Wildman–Crippen LogP) is 4.85. The molecule has 0 unspecified atom stereocenters. The average molecular weight is 504 g/mol. The molecule has 34 heavy (non-hydrogen) atoms. The van der Waals surface area contributed by atoms with Gasteiger partial charge in [-0.05, 0) is 61.9 Å². The molecular weight excluding hydrogens is 474 g/mol. The Kier molecular flexibility index (Phi) is 6.81. The standard InChI is InChI=1S/C24H30ClN5O3S/c25-20-13-27-23(29-24(31)18-2-1-7-26-12-18)11-19(20)17-3-4-21-22(10-17)30(15-28-21)14-16-5-8-34(32,33)9-6-16/h3-4,10-11,13,15-16,18,26,32-33H,1-2,5-9,12,14H2,(H,27,29,31)/t18-/m1/s1. The van der Waals surface area contributed by atoms with Gasteiger partial charge >= 0.3 is 0 Å². The van der Waals surface area contributed by atoms with Crippen molar-refractivity contribution in [2.75, 3.05) is 29.9 Å². The van der Waals surface area contributed by atoms with Crippen molar-refractivity contribution in [2.45, 2.75) is 32.2 Å². The number of fused-ring (bicyclic) bond motifs is 1. The van der Waals surface area contributed by atoms with Gasteiger partial charge in [0.2, 0.25) is 5.91 Å². The summed E-state index contributed by atoms with van der Waals surface area (Å²) in [7, 11) is -2.38. The maximum absolute atomic E-state index is 12.6. The van der Waals surface area contributed by atoms with E-state index in [4.69, 9.17) is 11.6 Å². The SMILES string of the molecule is O=C(Nc1cc(-c2ccc3ncn(CC4CCS(O)(O)CC4)c3c2)c(Cl)cn1)[C@@H]1CCCNC1. The lowest BCUT2D eigenvalue weighted by Crippen LogP contribution is -2.37. The van der Waals surface area contributed by atoms with Gasteiger partial charge in [0.25, 0.3) is 0 Å². The highest BCUT2D eigenvalue weighted by Gasteiger charge is 2.25. The number of anilines is 1. The summed E-state index contributed by atoms with van der Waals surface area (Å²) in [5, 5.41) is 6.73. The molecule has 1 aromatic carbocycles. The second kappa shape index (κ2) is 9.83. The van der Waals surface area contributed by atoms with E-state index in [1.807, 2.05) is 24.5 Å². The van der Waals surface area contributed by atoms with Crippen LogP contribution in [-0.2, 0) is 11.3 Å². The van der Waals surface area contributed by atoms with E-state index in [9.17, 15) is 13.9 Å². The lowest BCUT2D eigenvalue weighted by Gasteiger charge is -2.39. The van der Waals surface area contributed by atoms with E-state index in [-0.39, 0.29) is 11.8 Å². The highest BCUT2D eigenvalue weighted by Crippen LogP contribution is 2.46. The van der Waals surface area contributed by atoms with Gasteiger partial charge in [-0.1, -0.05) is 17.7 Å². The Hall–Kier alpha value is -2.17. The normalized spacial score (nSPS) is 21.9. The fourth-order valence-electron chi connectivity index (χ4n) is 4.82. The molecule has 1 atom stereocenters. The van der Waals surface area contributed by atoms with Crippen molar-refractivity contribution in [2.24, 2.45) is 11.8 Å². The van der Waals surface area contributed by atoms with Gasteiger partial charge in [0.15, 0.2) is 0 Å². The van der Waals surface area contributed by atoms with Crippen LogP contribution in [0.3, 0.4) is 0 Å². The Labute approximate surface area is 205 Å². The van der Waals surface area contributed by atoms with Crippen LogP contribution >= 0.6 is 22.2 Å². The molecule has 0 saturated carbocycles. The van der Waals surface area contributed by atoms with Crippen molar-refractivity contribution in [1.82, 2.24) is 19.9 Å². The van der Waals surface area contributed by atoms with Crippen LogP contribution in [-0.4, -0.2) is 54.1 Å². The number of rotatable bonds is 5. The van der Waals surface area contributed by atoms with Crippen molar-refractivity contribution in [1.29, 1.82) is 0 Å². The molecule has 2 aromatic heterocycles. The number of halogens is 1. The Balaban J connectivity index is 1.37. The molecule has 2 aliphatic rings. The highest BCUT2D eigenvalue weighted by atomic mass is 35.5. The van der Waals surface area contributed by atoms with Gasteiger partial charge in [-0.2, -0.15) is 10.6 Å². The lowest BCUT2D eigenvalue weighted by molar-refractivity contribution is -0.120. The molecule has 182 valence electrons. The summed E-state index contributed by atoms with van der Waals surface area (Å²) < 4.78 is 21.9. The van der Waals surface area contributed by atoms with E-state index in [2.05, 4.69) is 31.2 Å². The largest absolute Gasteiger partial charge is 0.330 e. The van der Waals surface area contributed by atoms with Crippen LogP contribution in [0.4, 0.5) is 5.82 Å². The first-order valence-electron chi connectivity index (χ1n) is 11.7. The van der Waals surface area contributed by atoms with E-state index >= 15 is 0 Å². The Morgan fingerprint density at radius 1 is 1.21 bits per heavy atom. The van der Waals surface area contributed by atoms with E-state index in [1.165, 1.54) is 0 Å². The first kappa shape index (κ1) is 23.6. The minimum absolute atomic E-state index is 0.0226. The number of pyridine rings is 1. The third-order valence-corrected chi connectivity index (χ3v) is 8.95. The van der Waals surface area contributed by atoms with E-state index < -0.39 is 10.6 Å². The van der Waals surface area contributed by atoms with Gasteiger partial charge in [-0.3, -0.25) is 13.9 Å². The molecule has 3 aromatic rings. The minimum atomic E-state index is -2.38. The van der Waals surface area contributed by atoms with Gasteiger partial charge in [-0.25, -0.2) is 9.97 Å². The number of hydrogen-bond donors (Lipinski definition) is 4. The van der Waals surface area contributed by atoms with Crippen LogP contribution in [0.5, 0.6) is 0 Å². The van der Waals surface area contributed by atoms with Crippen LogP contribution in [0.2, 0.25) is 5.02 Å². The zero-order valence-electron chi connectivity index (χ0n) is 18.9. The molecule has 10 heteroatoms. The zero-order valence-corrected chi connectivity index (χ0v) is 20.5. The van der Waals surface area contributed by atoms with Crippen LogP contribution in [0.15, 0.2) is 36.8 Å². The summed E-state index contributed by atoms with van der Waals surface area (Å²) >= 11 is 6.51. The molecule has 0 aliphatic carbocycles. The van der Waals surface area contributed by atoms with Gasteiger partial charge in [0, 0.05) is 36.4 Å². The summed E-state index contributed by atoms with van der Waals surface area (Å²) in [6.07, 6.45) is 6.90. The number of hydrogen-bond acceptors (Lipinski definition) is 6. The van der Waals surface area contributed by atoms with Gasteiger partial charge < -0.3 is 15.2 Å². The van der Waals surface area contributed by atoms with Crippen molar-refractivity contribution in [3.05, 3.63) is 41.8 Å². The second-order valence-electron chi connectivity index (χ2n) is 9.34. The summed E-state index contributed by atoms with van der Waals surface area (Å²) in [5.41, 5.74) is 3.62. The van der Waals surface area contributed by atoms with Crippen LogP contribution < -0.4 is 10.6 Å². The predicted molar refractivity (Wildman–Crippen MR) is 138 cm³/mol. The highest BCUT2D eigenvalue weighted by molar-refractivity contribution is 8.24. The molecule has 0 spiro atoms. The number of aromatic nitrogens is 3. The number of nitrogens with one attached hydrogen (secondary N) is 2. The topological polar surface area (TPSA) is 112 Å². The molecular formula is C24H30ClN5O3S. The molecule has 0 bridgehead atoms. The van der Waals surface area contributed by atoms with Crippen molar-refractivity contribution in [3.63, 3.8) is 0 Å². The first-order chi connectivity index (χ1) is 16.4. The summed E-state index contributed by atoms with van der Waals surface area (Å²) in [5.74, 6) is 1.77. The molecule has 2 fully saturated rings. The third kappa shape index (κ3) is 5.23. The number of carbonyl (C=O) groups is 1. The Morgan fingerprint density at radius 3 is 2.79 bits per heavy atom. The van der Waals surface area contributed by atoms with Crippen LogP contribution in [0, 0.1) is 11.8 Å².